The van der Waals surface area contributed by atoms with Crippen LogP contribution in [0.2, 0.25) is 0 Å². The molecule has 0 fully saturated rings. The monoisotopic (exact) mass is 630 g/mol. The fourth-order valence-electron chi connectivity index (χ4n) is 7.12. The molecule has 0 spiro atoms. The van der Waals surface area contributed by atoms with E-state index in [1.807, 2.05) is 42.1 Å². The van der Waals surface area contributed by atoms with Gasteiger partial charge in [-0.3, -0.25) is 0 Å². The van der Waals surface area contributed by atoms with Crippen LogP contribution in [0.3, 0.4) is 0 Å². The summed E-state index contributed by atoms with van der Waals surface area (Å²) in [6, 6.07) is 54.2. The molecule has 0 unspecified atom stereocenters. The molecule has 0 N–H and O–H groups in total. The van der Waals surface area contributed by atoms with Crippen molar-refractivity contribution in [1.82, 2.24) is 19.5 Å². The van der Waals surface area contributed by atoms with Crippen molar-refractivity contribution in [1.29, 1.82) is 0 Å². The van der Waals surface area contributed by atoms with Gasteiger partial charge in [-0.25, -0.2) is 15.0 Å². The summed E-state index contributed by atoms with van der Waals surface area (Å²) in [5.74, 6) is 1.31. The first-order valence-electron chi connectivity index (χ1n) is 16.0. The Kier molecular flexibility index (Phi) is 6.08. The van der Waals surface area contributed by atoms with E-state index in [2.05, 4.69) is 136 Å². The minimum absolute atomic E-state index is 0.651. The van der Waals surface area contributed by atoms with Crippen LogP contribution in [0.4, 0.5) is 0 Å². The molecule has 0 saturated heterocycles. The van der Waals surface area contributed by atoms with Crippen LogP contribution >= 0.6 is 11.8 Å². The predicted octanol–water partition coefficient (Wildman–Crippen LogP) is 11.3. The minimum atomic E-state index is 0.651. The van der Waals surface area contributed by atoms with Gasteiger partial charge in [-0.05, 0) is 76.2 Å². The second kappa shape index (κ2) is 10.8. The van der Waals surface area contributed by atoms with Gasteiger partial charge in [0.2, 0.25) is 0 Å². The number of aromatic nitrogens is 4. The number of para-hydroxylation sites is 1. The Bertz CT molecular complexity index is 2710. The molecule has 2 aromatic heterocycles. The molecule has 1 aliphatic heterocycles. The van der Waals surface area contributed by atoms with E-state index in [1.165, 1.54) is 53.6 Å². The fourth-order valence-corrected chi connectivity index (χ4v) is 8.25. The van der Waals surface area contributed by atoms with Crippen molar-refractivity contribution in [3.63, 3.8) is 0 Å². The highest BCUT2D eigenvalue weighted by atomic mass is 32.2. The van der Waals surface area contributed by atoms with Crippen LogP contribution in [-0.2, 0) is 0 Å². The lowest BCUT2D eigenvalue weighted by atomic mass is 9.94. The number of rotatable bonds is 4. The molecule has 0 atom stereocenters. The lowest BCUT2D eigenvalue weighted by molar-refractivity contribution is 1.06. The van der Waals surface area contributed by atoms with Crippen molar-refractivity contribution >= 4 is 44.3 Å². The van der Waals surface area contributed by atoms with E-state index in [-0.39, 0.29) is 0 Å². The van der Waals surface area contributed by atoms with Gasteiger partial charge in [0.05, 0.1) is 11.0 Å². The number of hydrogen-bond donors (Lipinski definition) is 0. The molecule has 0 amide bonds. The number of nitrogens with zero attached hydrogens (tertiary/aromatic N) is 4. The molecule has 0 bridgehead atoms. The molecule has 9 aromatic rings. The maximum atomic E-state index is 4.83. The molecule has 10 rings (SSSR count). The molecule has 4 nitrogen and oxygen atoms in total. The van der Waals surface area contributed by atoms with Gasteiger partial charge in [-0.2, -0.15) is 0 Å². The first kappa shape index (κ1) is 27.1. The Morgan fingerprint density at radius 2 is 1.19 bits per heavy atom. The normalized spacial score (nSPS) is 12.1. The van der Waals surface area contributed by atoms with Gasteiger partial charge in [-0.15, -0.1) is 0 Å². The summed E-state index contributed by atoms with van der Waals surface area (Å²) in [4.78, 5) is 16.4. The van der Waals surface area contributed by atoms with Crippen LogP contribution < -0.4 is 0 Å². The summed E-state index contributed by atoms with van der Waals surface area (Å²) in [6.45, 7) is 0. The van der Waals surface area contributed by atoms with Crippen LogP contribution in [0.15, 0.2) is 168 Å². The standard InChI is InChI=1S/C43H26N4S/c1-2-9-28(10-3-1)42-44-26-45-43(46-42)31-13-6-14-32(23-31)47-37-17-5-4-15-33(37)35-24-29(19-21-38(35)47)30-20-22-39-36(25-30)34-16-7-11-27-12-8-18-40(48-39)41(27)34/h1-26H. The average Bonchev–Trinajstić information content (AvgIpc) is 3.49. The topological polar surface area (TPSA) is 43.6 Å². The van der Waals surface area contributed by atoms with Gasteiger partial charge < -0.3 is 4.57 Å². The van der Waals surface area contributed by atoms with Crippen LogP contribution in [-0.4, -0.2) is 19.5 Å². The van der Waals surface area contributed by atoms with E-state index in [0.717, 1.165) is 27.8 Å². The largest absolute Gasteiger partial charge is 0.309 e. The third kappa shape index (κ3) is 4.29. The molecule has 0 saturated carbocycles. The van der Waals surface area contributed by atoms with Crippen LogP contribution in [0, 0.1) is 0 Å². The first-order valence-corrected chi connectivity index (χ1v) is 16.8. The van der Waals surface area contributed by atoms with E-state index in [4.69, 9.17) is 4.98 Å². The highest BCUT2D eigenvalue weighted by molar-refractivity contribution is 7.99. The van der Waals surface area contributed by atoms with Gasteiger partial charge in [0.15, 0.2) is 11.6 Å². The molecule has 5 heteroatoms. The summed E-state index contributed by atoms with van der Waals surface area (Å²) >= 11 is 1.87. The van der Waals surface area contributed by atoms with Crippen molar-refractivity contribution in [3.8, 4) is 50.7 Å². The molecule has 1 aliphatic rings. The van der Waals surface area contributed by atoms with Gasteiger partial charge >= 0.3 is 0 Å². The molecule has 0 radical (unpaired) electrons. The summed E-state index contributed by atoms with van der Waals surface area (Å²) in [5, 5.41) is 5.08. The van der Waals surface area contributed by atoms with Crippen molar-refractivity contribution in [2.75, 3.05) is 0 Å². The van der Waals surface area contributed by atoms with E-state index < -0.39 is 0 Å². The van der Waals surface area contributed by atoms with Crippen molar-refractivity contribution in [3.05, 3.63) is 158 Å². The number of benzene rings is 7. The summed E-state index contributed by atoms with van der Waals surface area (Å²) in [5.41, 5.74) is 10.3. The molecule has 48 heavy (non-hydrogen) atoms. The number of hydrogen-bond acceptors (Lipinski definition) is 4. The molecule has 3 heterocycles. The molecule has 7 aromatic carbocycles. The lowest BCUT2D eigenvalue weighted by Gasteiger charge is -2.21. The first-order chi connectivity index (χ1) is 23.8. The third-order valence-electron chi connectivity index (χ3n) is 9.33. The zero-order chi connectivity index (χ0) is 31.6. The maximum absolute atomic E-state index is 4.83. The highest BCUT2D eigenvalue weighted by Crippen LogP contribution is 2.49. The zero-order valence-corrected chi connectivity index (χ0v) is 26.5. The Balaban J connectivity index is 1.09. The number of fused-ring (bicyclic) bond motifs is 5. The highest BCUT2D eigenvalue weighted by Gasteiger charge is 2.20. The summed E-state index contributed by atoms with van der Waals surface area (Å²) < 4.78 is 2.35. The van der Waals surface area contributed by atoms with E-state index in [9.17, 15) is 0 Å². The van der Waals surface area contributed by atoms with Crippen LogP contribution in [0.1, 0.15) is 0 Å². The molecule has 224 valence electrons. The van der Waals surface area contributed by atoms with E-state index in [0.29, 0.717) is 11.6 Å². The van der Waals surface area contributed by atoms with E-state index in [1.54, 1.807) is 6.33 Å². The third-order valence-corrected chi connectivity index (χ3v) is 10.5. The lowest BCUT2D eigenvalue weighted by Crippen LogP contribution is -1.97. The quantitative estimate of drug-likeness (QED) is 0.194. The Morgan fingerprint density at radius 3 is 2.10 bits per heavy atom. The fraction of sp³-hybridized carbons (Fsp3) is 0. The van der Waals surface area contributed by atoms with Crippen molar-refractivity contribution < 1.29 is 0 Å². The Hall–Kier alpha value is -6.04. The van der Waals surface area contributed by atoms with Gasteiger partial charge in [-0.1, -0.05) is 115 Å². The minimum Gasteiger partial charge on any atom is -0.309 e. The van der Waals surface area contributed by atoms with Gasteiger partial charge in [0, 0.05) is 42.8 Å². The molecular weight excluding hydrogens is 605 g/mol. The molecular formula is C43H26N4S. The SMILES string of the molecule is c1ccc(-c2ncnc(-c3cccc(-n4c5ccccc5c5cc(-c6ccc7c(c6)-c6cccc8cccc(c68)S7)ccc54)c3)n2)cc1. The summed E-state index contributed by atoms with van der Waals surface area (Å²) in [6.07, 6.45) is 1.60. The Morgan fingerprint density at radius 1 is 0.458 bits per heavy atom. The van der Waals surface area contributed by atoms with Crippen molar-refractivity contribution in [2.24, 2.45) is 0 Å². The second-order valence-electron chi connectivity index (χ2n) is 12.1. The smallest absolute Gasteiger partial charge is 0.163 e. The second-order valence-corrected chi connectivity index (χ2v) is 13.2. The Labute approximate surface area is 281 Å². The average molecular weight is 631 g/mol. The zero-order valence-electron chi connectivity index (χ0n) is 25.7. The predicted molar refractivity (Wildman–Crippen MR) is 198 cm³/mol. The summed E-state index contributed by atoms with van der Waals surface area (Å²) in [7, 11) is 0. The maximum Gasteiger partial charge on any atom is 0.163 e. The van der Waals surface area contributed by atoms with Crippen LogP contribution in [0.25, 0.3) is 83.3 Å². The molecule has 0 aliphatic carbocycles. The van der Waals surface area contributed by atoms with Gasteiger partial charge in [0.25, 0.3) is 0 Å². The van der Waals surface area contributed by atoms with Crippen LogP contribution in [0.5, 0.6) is 0 Å². The van der Waals surface area contributed by atoms with E-state index >= 15 is 0 Å². The van der Waals surface area contributed by atoms with Crippen molar-refractivity contribution in [2.45, 2.75) is 9.79 Å². The van der Waals surface area contributed by atoms with Gasteiger partial charge in [0.1, 0.15) is 6.33 Å².